The van der Waals surface area contributed by atoms with E-state index in [4.69, 9.17) is 10.6 Å². The third-order valence-electron chi connectivity index (χ3n) is 2.53. The SMILES string of the molecule is [N-]=[N+]=NC(CCCC(=O)O)c1cccc([N+](=O)[O-])c1. The van der Waals surface area contributed by atoms with Gasteiger partial charge in [-0.1, -0.05) is 17.2 Å². The van der Waals surface area contributed by atoms with Crippen LogP contribution in [0, 0.1) is 10.1 Å². The molecule has 0 radical (unpaired) electrons. The monoisotopic (exact) mass is 264 g/mol. The summed E-state index contributed by atoms with van der Waals surface area (Å²) in [6.07, 6.45) is 0.631. The molecule has 1 aromatic rings. The molecule has 0 amide bonds. The summed E-state index contributed by atoms with van der Waals surface area (Å²) in [7, 11) is 0. The fraction of sp³-hybridized carbons (Fsp3) is 0.364. The van der Waals surface area contributed by atoms with E-state index in [-0.39, 0.29) is 12.1 Å². The number of rotatable bonds is 7. The van der Waals surface area contributed by atoms with Crippen LogP contribution in [0.4, 0.5) is 5.69 Å². The Labute approximate surface area is 108 Å². The summed E-state index contributed by atoms with van der Waals surface area (Å²) >= 11 is 0. The summed E-state index contributed by atoms with van der Waals surface area (Å²) in [5.41, 5.74) is 8.92. The van der Waals surface area contributed by atoms with Gasteiger partial charge in [0.2, 0.25) is 0 Å². The molecule has 0 saturated carbocycles. The number of nitro benzene ring substituents is 1. The van der Waals surface area contributed by atoms with Gasteiger partial charge < -0.3 is 5.11 Å². The van der Waals surface area contributed by atoms with Gasteiger partial charge >= 0.3 is 5.97 Å². The minimum Gasteiger partial charge on any atom is -0.481 e. The van der Waals surface area contributed by atoms with Crippen LogP contribution >= 0.6 is 0 Å². The molecule has 1 rings (SSSR count). The van der Waals surface area contributed by atoms with Crippen LogP contribution in [0.5, 0.6) is 0 Å². The maximum Gasteiger partial charge on any atom is 0.303 e. The van der Waals surface area contributed by atoms with Gasteiger partial charge in [-0.3, -0.25) is 14.9 Å². The number of hydrogen-bond donors (Lipinski definition) is 1. The molecule has 0 heterocycles. The number of nitro groups is 1. The van der Waals surface area contributed by atoms with E-state index in [2.05, 4.69) is 10.0 Å². The average molecular weight is 264 g/mol. The molecule has 0 spiro atoms. The molecule has 0 aliphatic rings. The summed E-state index contributed by atoms with van der Waals surface area (Å²) in [6, 6.07) is 5.20. The van der Waals surface area contributed by atoms with Gasteiger partial charge in [0.1, 0.15) is 0 Å². The largest absolute Gasteiger partial charge is 0.481 e. The van der Waals surface area contributed by atoms with Crippen LogP contribution in [0.1, 0.15) is 30.9 Å². The van der Waals surface area contributed by atoms with Crippen molar-refractivity contribution in [3.63, 3.8) is 0 Å². The van der Waals surface area contributed by atoms with Crippen molar-refractivity contribution in [1.29, 1.82) is 0 Å². The summed E-state index contributed by atoms with van der Waals surface area (Å²) in [5.74, 6) is -0.932. The number of carboxylic acids is 1. The van der Waals surface area contributed by atoms with Crippen LogP contribution < -0.4 is 0 Å². The second-order valence-corrected chi connectivity index (χ2v) is 3.86. The van der Waals surface area contributed by atoms with E-state index in [0.29, 0.717) is 18.4 Å². The second-order valence-electron chi connectivity index (χ2n) is 3.86. The van der Waals surface area contributed by atoms with Crippen LogP contribution in [0.2, 0.25) is 0 Å². The minimum atomic E-state index is -0.932. The molecule has 19 heavy (non-hydrogen) atoms. The molecular formula is C11H12N4O4. The predicted molar refractivity (Wildman–Crippen MR) is 66.5 cm³/mol. The Morgan fingerprint density at radius 3 is 2.89 bits per heavy atom. The molecule has 1 aromatic carbocycles. The number of azide groups is 1. The molecule has 1 unspecified atom stereocenters. The lowest BCUT2D eigenvalue weighted by atomic mass is 10.0. The topological polar surface area (TPSA) is 129 Å². The average Bonchev–Trinajstić information content (AvgIpc) is 2.37. The zero-order valence-corrected chi connectivity index (χ0v) is 9.97. The van der Waals surface area contributed by atoms with Gasteiger partial charge in [-0.15, -0.1) is 0 Å². The fourth-order valence-electron chi connectivity index (χ4n) is 1.65. The predicted octanol–water partition coefficient (Wildman–Crippen LogP) is 3.20. The lowest BCUT2D eigenvalue weighted by molar-refractivity contribution is -0.384. The molecular weight excluding hydrogens is 252 g/mol. The number of nitrogens with zero attached hydrogens (tertiary/aromatic N) is 4. The molecule has 0 aliphatic heterocycles. The Balaban J connectivity index is 2.86. The third kappa shape index (κ3) is 4.64. The first kappa shape index (κ1) is 14.5. The van der Waals surface area contributed by atoms with Crippen molar-refractivity contribution in [3.05, 3.63) is 50.4 Å². The van der Waals surface area contributed by atoms with Gasteiger partial charge in [-0.2, -0.15) is 0 Å². The molecule has 100 valence electrons. The maximum atomic E-state index is 10.7. The number of hydrogen-bond acceptors (Lipinski definition) is 4. The Kier molecular flexibility index (Phi) is 5.31. The number of carbonyl (C=O) groups is 1. The summed E-state index contributed by atoms with van der Waals surface area (Å²) in [4.78, 5) is 23.2. The lowest BCUT2D eigenvalue weighted by Crippen LogP contribution is -2.00. The lowest BCUT2D eigenvalue weighted by Gasteiger charge is -2.10. The highest BCUT2D eigenvalue weighted by molar-refractivity contribution is 5.66. The molecule has 0 fully saturated rings. The van der Waals surface area contributed by atoms with Gasteiger partial charge in [0, 0.05) is 23.5 Å². The van der Waals surface area contributed by atoms with Crippen molar-refractivity contribution >= 4 is 11.7 Å². The van der Waals surface area contributed by atoms with Crippen LogP contribution in [-0.4, -0.2) is 16.0 Å². The highest BCUT2D eigenvalue weighted by atomic mass is 16.6. The maximum absolute atomic E-state index is 10.7. The number of benzene rings is 1. The van der Waals surface area contributed by atoms with E-state index >= 15 is 0 Å². The van der Waals surface area contributed by atoms with Gasteiger partial charge in [0.15, 0.2) is 0 Å². The quantitative estimate of drug-likeness (QED) is 0.266. The first-order valence-corrected chi connectivity index (χ1v) is 5.55. The number of aliphatic carboxylic acids is 1. The second kappa shape index (κ2) is 6.97. The van der Waals surface area contributed by atoms with E-state index in [1.54, 1.807) is 6.07 Å². The molecule has 0 aliphatic carbocycles. The number of non-ortho nitro benzene ring substituents is 1. The Morgan fingerprint density at radius 2 is 2.32 bits per heavy atom. The van der Waals surface area contributed by atoms with Gasteiger partial charge in [-0.25, -0.2) is 0 Å². The van der Waals surface area contributed by atoms with E-state index in [1.165, 1.54) is 18.2 Å². The van der Waals surface area contributed by atoms with Crippen LogP contribution in [0.3, 0.4) is 0 Å². The van der Waals surface area contributed by atoms with Gasteiger partial charge in [0.25, 0.3) is 5.69 Å². The van der Waals surface area contributed by atoms with E-state index in [0.717, 1.165) is 0 Å². The molecule has 0 saturated heterocycles. The van der Waals surface area contributed by atoms with Crippen molar-refractivity contribution in [3.8, 4) is 0 Å². The highest BCUT2D eigenvalue weighted by Gasteiger charge is 2.14. The fourth-order valence-corrected chi connectivity index (χ4v) is 1.65. The van der Waals surface area contributed by atoms with Crippen molar-refractivity contribution in [2.24, 2.45) is 5.11 Å². The Bertz CT molecular complexity index is 525. The summed E-state index contributed by atoms with van der Waals surface area (Å²) in [6.45, 7) is 0. The smallest absolute Gasteiger partial charge is 0.303 e. The standard InChI is InChI=1S/C11H12N4O4/c12-14-13-10(5-2-6-11(16)17)8-3-1-4-9(7-8)15(18)19/h1,3-4,7,10H,2,5-6H2,(H,16,17). The molecule has 0 bridgehead atoms. The highest BCUT2D eigenvalue weighted by Crippen LogP contribution is 2.26. The summed E-state index contributed by atoms with van der Waals surface area (Å²) in [5, 5.41) is 22.8. The van der Waals surface area contributed by atoms with E-state index < -0.39 is 16.9 Å². The molecule has 0 aromatic heterocycles. The van der Waals surface area contributed by atoms with Crippen molar-refractivity contribution < 1.29 is 14.8 Å². The normalized spacial score (nSPS) is 11.4. The Hall–Kier alpha value is -2.60. The molecule has 1 N–H and O–H groups in total. The third-order valence-corrected chi connectivity index (χ3v) is 2.53. The zero-order chi connectivity index (χ0) is 14.3. The molecule has 1 atom stereocenters. The van der Waals surface area contributed by atoms with Crippen LogP contribution in [0.25, 0.3) is 10.4 Å². The number of carboxylic acid groups (broad SMARTS) is 1. The van der Waals surface area contributed by atoms with Gasteiger partial charge in [-0.05, 0) is 23.9 Å². The molecule has 8 heteroatoms. The molecule has 8 nitrogen and oxygen atoms in total. The van der Waals surface area contributed by atoms with E-state index in [1.807, 2.05) is 0 Å². The van der Waals surface area contributed by atoms with E-state index in [9.17, 15) is 14.9 Å². The first-order chi connectivity index (χ1) is 9.04. The van der Waals surface area contributed by atoms with Crippen LogP contribution in [-0.2, 0) is 4.79 Å². The van der Waals surface area contributed by atoms with Gasteiger partial charge in [0.05, 0.1) is 11.0 Å². The van der Waals surface area contributed by atoms with Crippen LogP contribution in [0.15, 0.2) is 29.4 Å². The van der Waals surface area contributed by atoms with Crippen molar-refractivity contribution in [2.45, 2.75) is 25.3 Å². The first-order valence-electron chi connectivity index (χ1n) is 5.55. The minimum absolute atomic E-state index is 0.0353. The summed E-state index contributed by atoms with van der Waals surface area (Å²) < 4.78 is 0. The van der Waals surface area contributed by atoms with Crippen molar-refractivity contribution in [1.82, 2.24) is 0 Å². The zero-order valence-electron chi connectivity index (χ0n) is 9.97. The Morgan fingerprint density at radius 1 is 1.58 bits per heavy atom. The van der Waals surface area contributed by atoms with Crippen molar-refractivity contribution in [2.75, 3.05) is 0 Å².